The first-order valence-electron chi connectivity index (χ1n) is 8.80. The van der Waals surface area contributed by atoms with Crippen LogP contribution in [0, 0.1) is 29.1 Å². The summed E-state index contributed by atoms with van der Waals surface area (Å²) in [6.45, 7) is 0.862. The molecule has 2 aromatic rings. The van der Waals surface area contributed by atoms with Gasteiger partial charge in [0.15, 0.2) is 0 Å². The van der Waals surface area contributed by atoms with E-state index < -0.39 is 40.4 Å². The minimum absolute atomic E-state index is 0.0280. The third-order valence-electron chi connectivity index (χ3n) is 5.58. The molecule has 1 saturated carbocycles. The maximum atomic E-state index is 14.2. The van der Waals surface area contributed by atoms with Crippen molar-refractivity contribution in [3.8, 4) is 0 Å². The molecule has 1 N–H and O–H groups in total. The van der Waals surface area contributed by atoms with Crippen molar-refractivity contribution < 1.29 is 21.2 Å². The van der Waals surface area contributed by atoms with Gasteiger partial charge in [0.05, 0.1) is 11.4 Å². The number of nitrogens with zero attached hydrogens (tertiary/aromatic N) is 2. The molecule has 2 aromatic carbocycles. The Labute approximate surface area is 173 Å². The monoisotopic (exact) mass is 457 g/mol. The molecule has 0 spiro atoms. The molecule has 2 fully saturated rings. The SMILES string of the molecule is N=NCC1C2CN(S(=O)(=O)c3ccc(Cl)cc3S(=O)(=O)c3ccccc3F)CC12. The Kier molecular flexibility index (Phi) is 5.01. The van der Waals surface area contributed by atoms with Crippen LogP contribution in [0.2, 0.25) is 5.02 Å². The van der Waals surface area contributed by atoms with Crippen molar-refractivity contribution >= 4 is 31.5 Å². The smallest absolute Gasteiger partial charge is 0.218 e. The van der Waals surface area contributed by atoms with Crippen LogP contribution in [0.25, 0.3) is 0 Å². The zero-order chi connectivity index (χ0) is 21.0. The third-order valence-corrected chi connectivity index (χ3v) is 9.66. The van der Waals surface area contributed by atoms with Crippen molar-refractivity contribution in [1.82, 2.24) is 4.31 Å². The van der Waals surface area contributed by atoms with Crippen LogP contribution in [0.15, 0.2) is 62.3 Å². The van der Waals surface area contributed by atoms with Gasteiger partial charge in [0, 0.05) is 18.1 Å². The van der Waals surface area contributed by atoms with Crippen LogP contribution < -0.4 is 0 Å². The minimum atomic E-state index is -4.46. The molecule has 4 rings (SSSR count). The molecule has 2 atom stereocenters. The van der Waals surface area contributed by atoms with Gasteiger partial charge in [-0.2, -0.15) is 9.42 Å². The Morgan fingerprint density at radius 1 is 1.03 bits per heavy atom. The van der Waals surface area contributed by atoms with E-state index in [0.29, 0.717) is 6.54 Å². The van der Waals surface area contributed by atoms with Gasteiger partial charge in [-0.3, -0.25) is 0 Å². The summed E-state index contributed by atoms with van der Waals surface area (Å²) in [7, 11) is -8.60. The number of hydrogen-bond donors (Lipinski definition) is 1. The first-order chi connectivity index (χ1) is 13.7. The highest BCUT2D eigenvalue weighted by Crippen LogP contribution is 2.53. The molecule has 0 amide bonds. The van der Waals surface area contributed by atoms with Crippen molar-refractivity contribution in [3.63, 3.8) is 0 Å². The van der Waals surface area contributed by atoms with Gasteiger partial charge in [0.1, 0.15) is 15.6 Å². The summed E-state index contributed by atoms with van der Waals surface area (Å²) >= 11 is 5.95. The zero-order valence-corrected chi connectivity index (χ0v) is 17.4. The lowest BCUT2D eigenvalue weighted by Crippen LogP contribution is -2.33. The predicted molar refractivity (Wildman–Crippen MR) is 103 cm³/mol. The average molecular weight is 458 g/mol. The van der Waals surface area contributed by atoms with E-state index in [1.165, 1.54) is 22.5 Å². The van der Waals surface area contributed by atoms with Gasteiger partial charge in [-0.05, 0) is 48.1 Å². The Bertz CT molecular complexity index is 1190. The minimum Gasteiger partial charge on any atom is -0.218 e. The van der Waals surface area contributed by atoms with Crippen molar-refractivity contribution in [2.75, 3.05) is 19.6 Å². The molecule has 0 bridgehead atoms. The van der Waals surface area contributed by atoms with E-state index in [1.54, 1.807) is 0 Å². The molecule has 0 aromatic heterocycles. The van der Waals surface area contributed by atoms with Crippen molar-refractivity contribution in [2.24, 2.45) is 22.9 Å². The summed E-state index contributed by atoms with van der Waals surface area (Å²) in [6, 6.07) is 8.27. The molecule has 1 saturated heterocycles. The van der Waals surface area contributed by atoms with E-state index >= 15 is 0 Å². The van der Waals surface area contributed by atoms with Crippen LogP contribution in [0.4, 0.5) is 4.39 Å². The third kappa shape index (κ3) is 3.37. The van der Waals surface area contributed by atoms with Crippen LogP contribution >= 0.6 is 11.6 Å². The normalized spacial score (nSPS) is 24.3. The molecule has 2 unspecified atom stereocenters. The molecule has 1 aliphatic heterocycles. The molecule has 1 aliphatic carbocycles. The maximum Gasteiger partial charge on any atom is 0.244 e. The van der Waals surface area contributed by atoms with Crippen molar-refractivity contribution in [1.29, 1.82) is 5.53 Å². The Morgan fingerprint density at radius 2 is 1.69 bits per heavy atom. The van der Waals surface area contributed by atoms with E-state index in [1.807, 2.05) is 0 Å². The summed E-state index contributed by atoms with van der Waals surface area (Å²) in [6.07, 6.45) is 0. The second-order valence-corrected chi connectivity index (χ2v) is 11.4. The zero-order valence-electron chi connectivity index (χ0n) is 15.0. The van der Waals surface area contributed by atoms with Gasteiger partial charge in [-0.15, -0.1) is 0 Å². The fourth-order valence-electron chi connectivity index (χ4n) is 4.01. The van der Waals surface area contributed by atoms with Crippen LogP contribution in [0.1, 0.15) is 0 Å². The number of sulfone groups is 1. The number of fused-ring (bicyclic) bond motifs is 1. The van der Waals surface area contributed by atoms with Crippen LogP contribution in [0.3, 0.4) is 0 Å². The number of rotatable bonds is 6. The molecular weight excluding hydrogens is 441 g/mol. The molecule has 29 heavy (non-hydrogen) atoms. The largest absolute Gasteiger partial charge is 0.244 e. The van der Waals surface area contributed by atoms with Crippen molar-refractivity contribution in [2.45, 2.75) is 14.7 Å². The predicted octanol–water partition coefficient (Wildman–Crippen LogP) is 3.21. The van der Waals surface area contributed by atoms with Crippen LogP contribution in [0.5, 0.6) is 0 Å². The van der Waals surface area contributed by atoms with E-state index in [2.05, 4.69) is 5.11 Å². The highest BCUT2D eigenvalue weighted by molar-refractivity contribution is 7.93. The highest BCUT2D eigenvalue weighted by atomic mass is 35.5. The number of sulfonamides is 1. The van der Waals surface area contributed by atoms with E-state index in [-0.39, 0.29) is 35.9 Å². The number of benzene rings is 2. The van der Waals surface area contributed by atoms with E-state index in [4.69, 9.17) is 17.1 Å². The fourth-order valence-corrected chi connectivity index (χ4v) is 7.89. The summed E-state index contributed by atoms with van der Waals surface area (Å²) in [5.74, 6) is -0.526. The molecule has 1 heterocycles. The van der Waals surface area contributed by atoms with Gasteiger partial charge < -0.3 is 0 Å². The molecule has 0 radical (unpaired) electrons. The van der Waals surface area contributed by atoms with Gasteiger partial charge in [-0.1, -0.05) is 23.7 Å². The number of piperidine rings is 1. The quantitative estimate of drug-likeness (QED) is 0.672. The van der Waals surface area contributed by atoms with E-state index in [9.17, 15) is 21.2 Å². The van der Waals surface area contributed by atoms with E-state index in [0.717, 1.165) is 24.3 Å². The average Bonchev–Trinajstić information content (AvgIpc) is 3.11. The Morgan fingerprint density at radius 3 is 2.31 bits per heavy atom. The highest BCUT2D eigenvalue weighted by Gasteiger charge is 2.58. The standard InChI is InChI=1S/C18H17ClFN3O4S2/c19-11-5-6-17(18(7-11)28(24,25)16-4-2-1-3-15(16)20)29(26,27)23-9-13-12(8-22-21)14(13)10-23/h1-7,12-14,21H,8-10H2. The molecule has 7 nitrogen and oxygen atoms in total. The summed E-state index contributed by atoms with van der Waals surface area (Å²) in [5.41, 5.74) is 6.96. The number of hydrogen-bond acceptors (Lipinski definition) is 6. The van der Waals surface area contributed by atoms with Crippen LogP contribution in [-0.4, -0.2) is 40.8 Å². The summed E-state index contributed by atoms with van der Waals surface area (Å²) < 4.78 is 68.0. The lowest BCUT2D eigenvalue weighted by atomic mass is 10.3. The fraction of sp³-hybridized carbons (Fsp3) is 0.333. The number of halogens is 2. The van der Waals surface area contributed by atoms with Gasteiger partial charge in [0.25, 0.3) is 0 Å². The summed E-state index contributed by atoms with van der Waals surface area (Å²) in [5, 5.41) is 3.40. The molecule has 11 heteroatoms. The van der Waals surface area contributed by atoms with Gasteiger partial charge in [-0.25, -0.2) is 26.8 Å². The summed E-state index contributed by atoms with van der Waals surface area (Å²) in [4.78, 5) is -1.58. The van der Waals surface area contributed by atoms with Crippen LogP contribution in [-0.2, 0) is 19.9 Å². The molecular formula is C18H17ClFN3O4S2. The second-order valence-electron chi connectivity index (χ2n) is 7.18. The molecule has 154 valence electrons. The number of nitrogens with one attached hydrogen (secondary N) is 1. The topological polar surface area (TPSA) is 108 Å². The maximum absolute atomic E-state index is 14.2. The Hall–Kier alpha value is -1.88. The molecule has 2 aliphatic rings. The lowest BCUT2D eigenvalue weighted by molar-refractivity contribution is 0.411. The van der Waals surface area contributed by atoms with Gasteiger partial charge >= 0.3 is 0 Å². The second kappa shape index (κ2) is 7.12. The first kappa shape index (κ1) is 20.4. The van der Waals surface area contributed by atoms with Gasteiger partial charge in [0.2, 0.25) is 19.9 Å². The lowest BCUT2D eigenvalue weighted by Gasteiger charge is -2.21. The Balaban J connectivity index is 1.75. The van der Waals surface area contributed by atoms with Crippen molar-refractivity contribution in [3.05, 3.63) is 53.3 Å². The first-order valence-corrected chi connectivity index (χ1v) is 12.1.